The summed E-state index contributed by atoms with van der Waals surface area (Å²) in [4.78, 5) is 0. The highest BCUT2D eigenvalue weighted by Gasteiger charge is 2.39. The number of hydrogen-bond donors (Lipinski definition) is 1. The van der Waals surface area contributed by atoms with Crippen LogP contribution in [0.1, 0.15) is 11.1 Å². The van der Waals surface area contributed by atoms with Gasteiger partial charge in [-0.05, 0) is 12.5 Å². The van der Waals surface area contributed by atoms with E-state index >= 15 is 0 Å². The first-order valence-electron chi connectivity index (χ1n) is 4.53. The molecule has 0 saturated carbocycles. The van der Waals surface area contributed by atoms with Crippen LogP contribution in [0.2, 0.25) is 0 Å². The molecule has 70 valence electrons. The summed E-state index contributed by atoms with van der Waals surface area (Å²) in [6.07, 6.45) is 0. The monoisotopic (exact) mass is 178 g/mol. The van der Waals surface area contributed by atoms with Crippen LogP contribution >= 0.6 is 0 Å². The molecule has 1 aliphatic rings. The normalized spacial score (nSPS) is 19.5. The van der Waals surface area contributed by atoms with Crippen molar-refractivity contribution in [3.05, 3.63) is 35.4 Å². The molecule has 1 aliphatic heterocycles. The predicted octanol–water partition coefficient (Wildman–Crippen LogP) is 1.26. The Balaban J connectivity index is 2.28. The second-order valence-corrected chi connectivity index (χ2v) is 3.80. The summed E-state index contributed by atoms with van der Waals surface area (Å²) in [7, 11) is 0. The lowest BCUT2D eigenvalue weighted by atomic mass is 9.79. The van der Waals surface area contributed by atoms with Crippen molar-refractivity contribution < 1.29 is 9.84 Å². The molecule has 2 heteroatoms. The Labute approximate surface area is 78.2 Å². The Morgan fingerprint density at radius 1 is 1.31 bits per heavy atom. The first-order chi connectivity index (χ1) is 6.27. The second-order valence-electron chi connectivity index (χ2n) is 3.80. The van der Waals surface area contributed by atoms with E-state index in [2.05, 4.69) is 31.2 Å². The molecule has 0 aliphatic carbocycles. The summed E-state index contributed by atoms with van der Waals surface area (Å²) < 4.78 is 5.15. The van der Waals surface area contributed by atoms with Crippen molar-refractivity contribution in [3.8, 4) is 0 Å². The van der Waals surface area contributed by atoms with Gasteiger partial charge in [0.05, 0.1) is 25.2 Å². The van der Waals surface area contributed by atoms with Crippen LogP contribution in [0.25, 0.3) is 0 Å². The van der Waals surface area contributed by atoms with E-state index in [1.54, 1.807) is 0 Å². The number of aliphatic hydroxyl groups is 1. The van der Waals surface area contributed by atoms with Gasteiger partial charge < -0.3 is 9.84 Å². The summed E-state index contributed by atoms with van der Waals surface area (Å²) in [5.74, 6) is 0. The molecule has 0 unspecified atom stereocenters. The smallest absolute Gasteiger partial charge is 0.0651 e. The number of hydrogen-bond acceptors (Lipinski definition) is 2. The Morgan fingerprint density at radius 3 is 2.31 bits per heavy atom. The van der Waals surface area contributed by atoms with E-state index < -0.39 is 0 Å². The molecule has 1 aromatic carbocycles. The van der Waals surface area contributed by atoms with Crippen molar-refractivity contribution >= 4 is 0 Å². The van der Waals surface area contributed by atoms with Crippen molar-refractivity contribution in [2.24, 2.45) is 0 Å². The van der Waals surface area contributed by atoms with Gasteiger partial charge >= 0.3 is 0 Å². The minimum absolute atomic E-state index is 0.117. The quantitative estimate of drug-likeness (QED) is 0.738. The van der Waals surface area contributed by atoms with Crippen molar-refractivity contribution in [2.45, 2.75) is 12.3 Å². The van der Waals surface area contributed by atoms with Crippen LogP contribution in [0.15, 0.2) is 24.3 Å². The van der Waals surface area contributed by atoms with Crippen molar-refractivity contribution in [3.63, 3.8) is 0 Å². The van der Waals surface area contributed by atoms with E-state index in [9.17, 15) is 5.11 Å². The predicted molar refractivity (Wildman–Crippen MR) is 50.8 cm³/mol. The van der Waals surface area contributed by atoms with Crippen LogP contribution in [0.3, 0.4) is 0 Å². The average Bonchev–Trinajstić information content (AvgIpc) is 2.07. The second kappa shape index (κ2) is 3.13. The van der Waals surface area contributed by atoms with Gasteiger partial charge in [-0.1, -0.05) is 29.8 Å². The molecule has 1 fully saturated rings. The summed E-state index contributed by atoms with van der Waals surface area (Å²) in [5, 5.41) is 9.28. The Bertz CT molecular complexity index is 280. The molecule has 0 bridgehead atoms. The summed E-state index contributed by atoms with van der Waals surface area (Å²) >= 11 is 0. The molecular weight excluding hydrogens is 164 g/mol. The lowest BCUT2D eigenvalue weighted by Gasteiger charge is -2.40. The third-order valence-corrected chi connectivity index (χ3v) is 2.72. The standard InChI is InChI=1S/C11H14O2/c1-9-2-4-10(5-3-9)11(6-12)7-13-8-11/h2-5,12H,6-8H2,1H3. The van der Waals surface area contributed by atoms with E-state index in [0.29, 0.717) is 13.2 Å². The fourth-order valence-corrected chi connectivity index (χ4v) is 1.60. The van der Waals surface area contributed by atoms with Gasteiger partial charge in [-0.2, -0.15) is 0 Å². The number of aryl methyl sites for hydroxylation is 1. The highest BCUT2D eigenvalue weighted by molar-refractivity contribution is 5.30. The van der Waals surface area contributed by atoms with Crippen molar-refractivity contribution in [1.82, 2.24) is 0 Å². The average molecular weight is 178 g/mol. The van der Waals surface area contributed by atoms with Crippen LogP contribution in [0.4, 0.5) is 0 Å². The summed E-state index contributed by atoms with van der Waals surface area (Å²) in [5.41, 5.74) is 2.32. The van der Waals surface area contributed by atoms with Gasteiger partial charge in [0, 0.05) is 0 Å². The molecule has 1 aromatic rings. The van der Waals surface area contributed by atoms with E-state index in [0.717, 1.165) is 0 Å². The maximum Gasteiger partial charge on any atom is 0.0651 e. The zero-order chi connectivity index (χ0) is 9.31. The van der Waals surface area contributed by atoms with Gasteiger partial charge in [-0.25, -0.2) is 0 Å². The zero-order valence-corrected chi connectivity index (χ0v) is 7.79. The van der Waals surface area contributed by atoms with Gasteiger partial charge in [0.25, 0.3) is 0 Å². The van der Waals surface area contributed by atoms with Crippen LogP contribution in [0, 0.1) is 6.92 Å². The number of rotatable bonds is 2. The maximum absolute atomic E-state index is 9.28. The molecule has 1 N–H and O–H groups in total. The van der Waals surface area contributed by atoms with Gasteiger partial charge in [0.15, 0.2) is 0 Å². The zero-order valence-electron chi connectivity index (χ0n) is 7.79. The molecule has 13 heavy (non-hydrogen) atoms. The molecule has 0 atom stereocenters. The molecular formula is C11H14O2. The molecule has 2 rings (SSSR count). The Morgan fingerprint density at radius 2 is 1.92 bits per heavy atom. The van der Waals surface area contributed by atoms with Crippen LogP contribution < -0.4 is 0 Å². The maximum atomic E-state index is 9.28. The van der Waals surface area contributed by atoms with Crippen molar-refractivity contribution in [2.75, 3.05) is 19.8 Å². The third-order valence-electron chi connectivity index (χ3n) is 2.72. The SMILES string of the molecule is Cc1ccc(C2(CO)COC2)cc1. The molecule has 0 radical (unpaired) electrons. The topological polar surface area (TPSA) is 29.5 Å². The van der Waals surface area contributed by atoms with Crippen molar-refractivity contribution in [1.29, 1.82) is 0 Å². The number of ether oxygens (including phenoxy) is 1. The molecule has 0 aromatic heterocycles. The van der Waals surface area contributed by atoms with Crippen LogP contribution in [0.5, 0.6) is 0 Å². The van der Waals surface area contributed by atoms with E-state index in [4.69, 9.17) is 4.74 Å². The molecule has 0 spiro atoms. The first kappa shape index (κ1) is 8.73. The molecule has 0 amide bonds. The number of benzene rings is 1. The Kier molecular flexibility index (Phi) is 2.10. The van der Waals surface area contributed by atoms with E-state index in [-0.39, 0.29) is 12.0 Å². The van der Waals surface area contributed by atoms with E-state index in [1.807, 2.05) is 0 Å². The van der Waals surface area contributed by atoms with Crippen LogP contribution in [-0.2, 0) is 10.2 Å². The van der Waals surface area contributed by atoms with Gasteiger partial charge in [-0.3, -0.25) is 0 Å². The minimum Gasteiger partial charge on any atom is -0.395 e. The van der Waals surface area contributed by atoms with Crippen LogP contribution in [-0.4, -0.2) is 24.9 Å². The first-order valence-corrected chi connectivity index (χ1v) is 4.53. The van der Waals surface area contributed by atoms with Gasteiger partial charge in [-0.15, -0.1) is 0 Å². The van der Waals surface area contributed by atoms with E-state index in [1.165, 1.54) is 11.1 Å². The fourth-order valence-electron chi connectivity index (χ4n) is 1.60. The third kappa shape index (κ3) is 1.36. The highest BCUT2D eigenvalue weighted by Crippen LogP contribution is 2.31. The largest absolute Gasteiger partial charge is 0.395 e. The number of aliphatic hydroxyl groups excluding tert-OH is 1. The van der Waals surface area contributed by atoms with Gasteiger partial charge in [0.1, 0.15) is 0 Å². The molecule has 2 nitrogen and oxygen atoms in total. The lowest BCUT2D eigenvalue weighted by molar-refractivity contribution is -0.0841. The minimum atomic E-state index is -0.117. The molecule has 1 saturated heterocycles. The fraction of sp³-hybridized carbons (Fsp3) is 0.455. The lowest BCUT2D eigenvalue weighted by Crippen LogP contribution is -2.49. The van der Waals surface area contributed by atoms with Gasteiger partial charge in [0.2, 0.25) is 0 Å². The Hall–Kier alpha value is -0.860. The molecule has 1 heterocycles. The highest BCUT2D eigenvalue weighted by atomic mass is 16.5. The summed E-state index contributed by atoms with van der Waals surface area (Å²) in [6, 6.07) is 8.30. The summed E-state index contributed by atoms with van der Waals surface area (Å²) in [6.45, 7) is 3.53.